The highest BCUT2D eigenvalue weighted by Crippen LogP contribution is 2.21. The van der Waals surface area contributed by atoms with Gasteiger partial charge in [0.05, 0.1) is 23.0 Å². The molecule has 0 bridgehead atoms. The van der Waals surface area contributed by atoms with Gasteiger partial charge in [-0.1, -0.05) is 0 Å². The Kier molecular flexibility index (Phi) is 4.48. The molecule has 1 atom stereocenters. The fourth-order valence-corrected chi connectivity index (χ4v) is 5.52. The molecule has 0 spiro atoms. The van der Waals surface area contributed by atoms with Crippen LogP contribution in [0.4, 0.5) is 0 Å². The number of aliphatic hydroxyl groups excluding tert-OH is 1. The Hall–Kier alpha value is -0.900. The van der Waals surface area contributed by atoms with Crippen molar-refractivity contribution < 1.29 is 21.9 Å². The van der Waals surface area contributed by atoms with Crippen LogP contribution in [0, 0.1) is 0 Å². The summed E-state index contributed by atoms with van der Waals surface area (Å²) in [5.41, 5.74) is 0.504. The number of nitrogens with one attached hydrogen (secondary N) is 1. The van der Waals surface area contributed by atoms with Crippen LogP contribution in [0.3, 0.4) is 0 Å². The molecular formula is C12H20N2O5S2. The molecule has 1 aliphatic heterocycles. The van der Waals surface area contributed by atoms with Crippen LogP contribution in [0.5, 0.6) is 0 Å². The molecule has 0 saturated carbocycles. The second-order valence-electron chi connectivity index (χ2n) is 5.55. The molecule has 0 aromatic carbocycles. The van der Waals surface area contributed by atoms with Crippen molar-refractivity contribution in [2.24, 2.45) is 0 Å². The molecule has 120 valence electrons. The van der Waals surface area contributed by atoms with Crippen molar-refractivity contribution in [2.75, 3.05) is 11.5 Å². The molecular weight excluding hydrogens is 316 g/mol. The van der Waals surface area contributed by atoms with Crippen molar-refractivity contribution >= 4 is 19.9 Å². The van der Waals surface area contributed by atoms with E-state index >= 15 is 0 Å². The summed E-state index contributed by atoms with van der Waals surface area (Å²) >= 11 is 0. The number of hydrogen-bond acceptors (Lipinski definition) is 5. The zero-order chi connectivity index (χ0) is 15.8. The smallest absolute Gasteiger partial charge is 0.242 e. The summed E-state index contributed by atoms with van der Waals surface area (Å²) in [5, 5.41) is 9.28. The van der Waals surface area contributed by atoms with Gasteiger partial charge in [0.15, 0.2) is 9.84 Å². The predicted octanol–water partition coefficient (Wildman–Crippen LogP) is 0.0267. The maximum Gasteiger partial charge on any atom is 0.242 e. The van der Waals surface area contributed by atoms with Crippen molar-refractivity contribution in [1.29, 1.82) is 0 Å². The minimum atomic E-state index is -3.79. The van der Waals surface area contributed by atoms with E-state index in [1.807, 2.05) is 13.8 Å². The molecule has 0 aliphatic carbocycles. The highest BCUT2D eigenvalue weighted by atomic mass is 32.2. The quantitative estimate of drug-likeness (QED) is 0.789. The fourth-order valence-electron chi connectivity index (χ4n) is 2.43. The third-order valence-corrected chi connectivity index (χ3v) is 6.75. The van der Waals surface area contributed by atoms with Gasteiger partial charge in [0.1, 0.15) is 0 Å². The SMILES string of the molecule is CC(C)n1cc(S(=O)(=O)NC2CCS(=O)(=O)C2)cc1CO. The van der Waals surface area contributed by atoms with E-state index in [9.17, 15) is 21.9 Å². The molecule has 1 unspecified atom stereocenters. The van der Waals surface area contributed by atoms with Gasteiger partial charge in [-0.2, -0.15) is 0 Å². The summed E-state index contributed by atoms with van der Waals surface area (Å²) in [6.45, 7) is 3.50. The van der Waals surface area contributed by atoms with Crippen molar-refractivity contribution in [3.8, 4) is 0 Å². The first-order chi connectivity index (χ1) is 9.64. The standard InChI is InChI=1S/C12H20N2O5S2/c1-9(2)14-6-12(5-11(14)7-15)21(18,19)13-10-3-4-20(16,17)8-10/h5-6,9-10,13,15H,3-4,7-8H2,1-2H3. The Morgan fingerprint density at radius 2 is 2.14 bits per heavy atom. The maximum atomic E-state index is 12.3. The van der Waals surface area contributed by atoms with Gasteiger partial charge >= 0.3 is 0 Å². The minimum Gasteiger partial charge on any atom is -0.390 e. The third kappa shape index (κ3) is 3.65. The Labute approximate surface area is 124 Å². The van der Waals surface area contributed by atoms with Gasteiger partial charge in [-0.05, 0) is 26.3 Å². The van der Waals surface area contributed by atoms with E-state index in [1.165, 1.54) is 12.3 Å². The second kappa shape index (κ2) is 5.71. The van der Waals surface area contributed by atoms with E-state index in [-0.39, 0.29) is 29.0 Å². The molecule has 1 saturated heterocycles. The van der Waals surface area contributed by atoms with Crippen LogP contribution in [0.25, 0.3) is 0 Å². The maximum absolute atomic E-state index is 12.3. The largest absolute Gasteiger partial charge is 0.390 e. The van der Waals surface area contributed by atoms with Gasteiger partial charge in [-0.15, -0.1) is 0 Å². The first-order valence-electron chi connectivity index (χ1n) is 6.69. The van der Waals surface area contributed by atoms with Crippen LogP contribution in [-0.2, 0) is 26.5 Å². The lowest BCUT2D eigenvalue weighted by Crippen LogP contribution is -2.35. The van der Waals surface area contributed by atoms with Crippen LogP contribution >= 0.6 is 0 Å². The van der Waals surface area contributed by atoms with Crippen molar-refractivity contribution in [3.05, 3.63) is 18.0 Å². The van der Waals surface area contributed by atoms with E-state index in [0.717, 1.165) is 0 Å². The van der Waals surface area contributed by atoms with Crippen LogP contribution in [0.1, 0.15) is 32.0 Å². The zero-order valence-electron chi connectivity index (χ0n) is 12.0. The highest BCUT2D eigenvalue weighted by molar-refractivity contribution is 7.92. The first-order valence-corrected chi connectivity index (χ1v) is 9.99. The second-order valence-corrected chi connectivity index (χ2v) is 9.49. The highest BCUT2D eigenvalue weighted by Gasteiger charge is 2.32. The summed E-state index contributed by atoms with van der Waals surface area (Å²) < 4.78 is 51.5. The number of sulfonamides is 1. The summed E-state index contributed by atoms with van der Waals surface area (Å²) in [5.74, 6) is -0.154. The van der Waals surface area contributed by atoms with Gasteiger partial charge in [0.2, 0.25) is 10.0 Å². The summed E-state index contributed by atoms with van der Waals surface area (Å²) in [6.07, 6.45) is 1.75. The molecule has 1 aromatic rings. The lowest BCUT2D eigenvalue weighted by atomic mass is 10.3. The molecule has 2 N–H and O–H groups in total. The average Bonchev–Trinajstić information content (AvgIpc) is 2.92. The minimum absolute atomic E-state index is 0.00901. The van der Waals surface area contributed by atoms with Crippen LogP contribution < -0.4 is 4.72 Å². The molecule has 7 nitrogen and oxygen atoms in total. The van der Waals surface area contributed by atoms with Crippen LogP contribution in [0.2, 0.25) is 0 Å². The predicted molar refractivity (Wildman–Crippen MR) is 78.1 cm³/mol. The van der Waals surface area contributed by atoms with Crippen molar-refractivity contribution in [3.63, 3.8) is 0 Å². The Balaban J connectivity index is 2.24. The molecule has 2 rings (SSSR count). The van der Waals surface area contributed by atoms with Gasteiger partial charge in [0.25, 0.3) is 0 Å². The average molecular weight is 336 g/mol. The number of nitrogens with zero attached hydrogens (tertiary/aromatic N) is 1. The van der Waals surface area contributed by atoms with Crippen molar-refractivity contribution in [2.45, 2.75) is 43.9 Å². The topological polar surface area (TPSA) is 105 Å². The Morgan fingerprint density at radius 1 is 1.48 bits per heavy atom. The van der Waals surface area contributed by atoms with Crippen LogP contribution in [-0.4, -0.2) is 44.1 Å². The van der Waals surface area contributed by atoms with Gasteiger partial charge < -0.3 is 9.67 Å². The molecule has 0 amide bonds. The van der Waals surface area contributed by atoms with Crippen LogP contribution in [0.15, 0.2) is 17.2 Å². The molecule has 9 heteroatoms. The summed E-state index contributed by atoms with van der Waals surface area (Å²) in [4.78, 5) is 0.0459. The molecule has 0 radical (unpaired) electrons. The molecule has 21 heavy (non-hydrogen) atoms. The van der Waals surface area contributed by atoms with E-state index < -0.39 is 25.9 Å². The lowest BCUT2D eigenvalue weighted by molar-refractivity contribution is 0.268. The van der Waals surface area contributed by atoms with Gasteiger partial charge in [0, 0.05) is 24.0 Å². The Bertz CT molecular complexity index is 719. The number of sulfone groups is 1. The van der Waals surface area contributed by atoms with Gasteiger partial charge in [-0.3, -0.25) is 0 Å². The molecule has 1 aromatic heterocycles. The zero-order valence-corrected chi connectivity index (χ0v) is 13.6. The normalized spacial score (nSPS) is 22.0. The lowest BCUT2D eigenvalue weighted by Gasteiger charge is -2.11. The molecule has 1 aliphatic rings. The monoisotopic (exact) mass is 336 g/mol. The van der Waals surface area contributed by atoms with E-state index in [2.05, 4.69) is 4.72 Å². The van der Waals surface area contributed by atoms with E-state index in [4.69, 9.17) is 0 Å². The van der Waals surface area contributed by atoms with E-state index in [1.54, 1.807) is 4.57 Å². The third-order valence-electron chi connectivity index (χ3n) is 3.49. The van der Waals surface area contributed by atoms with Gasteiger partial charge in [-0.25, -0.2) is 21.6 Å². The number of hydrogen-bond donors (Lipinski definition) is 2. The number of rotatable bonds is 5. The first kappa shape index (κ1) is 16.5. The van der Waals surface area contributed by atoms with E-state index in [0.29, 0.717) is 12.1 Å². The summed E-state index contributed by atoms with van der Waals surface area (Å²) in [6, 6.07) is 0.842. The summed E-state index contributed by atoms with van der Waals surface area (Å²) in [7, 11) is -6.93. The number of aliphatic hydroxyl groups is 1. The molecule has 1 fully saturated rings. The Morgan fingerprint density at radius 3 is 2.57 bits per heavy atom. The van der Waals surface area contributed by atoms with Crippen molar-refractivity contribution in [1.82, 2.24) is 9.29 Å². The fraction of sp³-hybridized carbons (Fsp3) is 0.667. The molecule has 2 heterocycles. The number of aromatic nitrogens is 1.